The summed E-state index contributed by atoms with van der Waals surface area (Å²) in [5.74, 6) is -12.6. The summed E-state index contributed by atoms with van der Waals surface area (Å²) in [7, 11) is 0. The zero-order valence-electron chi connectivity index (χ0n) is 36.2. The van der Waals surface area contributed by atoms with Gasteiger partial charge < -0.3 is 15.5 Å². The van der Waals surface area contributed by atoms with Crippen LogP contribution in [0.1, 0.15) is 49.4 Å². The zero-order chi connectivity index (χ0) is 48.8. The molecule has 25 nitrogen and oxygen atoms in total. The van der Waals surface area contributed by atoms with Gasteiger partial charge in [0.15, 0.2) is 0 Å². The number of aliphatic carboxylic acids is 2. The van der Waals surface area contributed by atoms with Crippen LogP contribution in [0.25, 0.3) is 10.9 Å². The minimum atomic E-state index is -3.22. The number of hydrogen-bond donors (Lipinski definition) is 6. The molecule has 362 valence electrons. The number of nitrogens with one attached hydrogen (secondary N) is 4. The standard InChI is InChI=1S/C40H43F2IN12O13/c1-38-53(16-32(60)61)21-52-17-33(62)68-40(52,20-52)55(22-54(38,51(53)43-55)18-34(63)67-38)27(37(65)66)5-6-28(56)45-11-12-46-29(57)7-8-30(58)49-26-4-2-3-24-25(9-10-47-35(24)26)36(64)48-15-31(59)50-19-39(41,42)13-23(50)14-44/h2-4,9-10,23,27H,5-8,11-13,15-22H2,1H3,(H3-3,45,46,48,49,56,57,58,60,61,64,65,66)/p+3/t23-,27+,38-,40+,52?,53+,54-,55?/m0/s1. The number of morpholine rings is 1. The molecule has 1 aromatic carbocycles. The molecule has 7 saturated heterocycles. The van der Waals surface area contributed by atoms with Gasteiger partial charge in [-0.3, -0.25) is 19.4 Å². The summed E-state index contributed by atoms with van der Waals surface area (Å²) in [5, 5.41) is 40.7. The Morgan fingerprint density at radius 1 is 0.971 bits per heavy atom. The number of quaternary nitrogens is 4. The maximum absolute atomic E-state index is 13.8. The van der Waals surface area contributed by atoms with Crippen LogP contribution in [0.2, 0.25) is 0 Å². The number of alkyl halides is 2. The Bertz CT molecular complexity index is 2680. The molecule has 9 rings (SSSR count). The number of rotatable bonds is 17. The number of pyridine rings is 1. The Labute approximate surface area is 394 Å². The molecule has 28 heteroatoms. The van der Waals surface area contributed by atoms with E-state index in [9.17, 15) is 67.4 Å². The van der Waals surface area contributed by atoms with E-state index in [1.54, 1.807) is 25.1 Å². The summed E-state index contributed by atoms with van der Waals surface area (Å²) >= 11 is -1.53. The molecule has 68 heavy (non-hydrogen) atoms. The molecule has 2 unspecified atom stereocenters. The number of nitriles is 1. The Kier molecular flexibility index (Phi) is 11.1. The number of carbonyl (C=O) groups is 9. The minimum absolute atomic E-state index is 0.00429. The van der Waals surface area contributed by atoms with E-state index in [0.717, 1.165) is 4.90 Å². The monoisotopic (exact) mass is 1070 g/mol. The number of esters is 2. The quantitative estimate of drug-likeness (QED) is 0.0215. The van der Waals surface area contributed by atoms with E-state index in [1.165, 1.54) is 18.3 Å². The molecule has 0 radical (unpaired) electrons. The molecular weight excluding hydrogens is 1020 g/mol. The number of aromatic nitrogens is 1. The van der Waals surface area contributed by atoms with Gasteiger partial charge in [-0.15, -0.1) is 0 Å². The van der Waals surface area contributed by atoms with Crippen LogP contribution in [0, 0.1) is 11.3 Å². The number of fused-ring (bicyclic) bond motifs is 3. The van der Waals surface area contributed by atoms with Crippen LogP contribution in [0.4, 0.5) is 14.5 Å². The van der Waals surface area contributed by atoms with Crippen molar-refractivity contribution in [1.29, 1.82) is 5.26 Å². The SMILES string of the molecule is C[C@@]12OC(=O)C[N@+]13C[N+]1([C@H](CCC(=O)NCCNC(=O)CCC(=O)Nc4cccc5c(C(=O)NCC(=O)N6CC(F)(F)C[C@H]6C#N)ccnc45)C(=O)O)[I-]N3[N@+]2(CC(=O)O)C[N+]23CC(=O)O[C@]21C3. The first-order chi connectivity index (χ1) is 32.1. The van der Waals surface area contributed by atoms with Crippen LogP contribution in [0.15, 0.2) is 30.5 Å². The second-order valence-corrected chi connectivity index (χ2v) is 21.1. The fourth-order valence-corrected chi connectivity index (χ4v) is 16.3. The van der Waals surface area contributed by atoms with E-state index < -0.39 is 131 Å². The van der Waals surface area contributed by atoms with E-state index in [1.807, 2.05) is 3.33 Å². The first-order valence-electron chi connectivity index (χ1n) is 21.5. The number of para-hydroxylation sites is 1. The number of benzene rings is 1. The molecule has 8 heterocycles. The average Bonchev–Trinajstić information content (AvgIpc) is 3.52. The molecule has 0 saturated carbocycles. The molecule has 5 amide bonds. The van der Waals surface area contributed by atoms with Gasteiger partial charge in [-0.2, -0.15) is 5.26 Å². The van der Waals surface area contributed by atoms with Crippen LogP contribution >= 0.6 is 0 Å². The average molecular weight is 1070 g/mol. The number of nitrogens with zero attached hydrogens (tertiary/aromatic N) is 8. The second kappa shape index (κ2) is 16.2. The van der Waals surface area contributed by atoms with Crippen molar-refractivity contribution in [2.45, 2.75) is 68.7 Å². The van der Waals surface area contributed by atoms with Crippen LogP contribution in [-0.4, -0.2) is 189 Å². The molecule has 7 fully saturated rings. The summed E-state index contributed by atoms with van der Waals surface area (Å²) in [5.41, 5.74) is 0.490. The van der Waals surface area contributed by atoms with Gasteiger partial charge in [0.1, 0.15) is 6.04 Å². The third-order valence-corrected chi connectivity index (χ3v) is 18.6. The first-order valence-corrected chi connectivity index (χ1v) is 23.4. The molecule has 2 aromatic rings. The molecule has 7 aliphatic rings. The molecular formula is C40H46F2IN12O13+3. The van der Waals surface area contributed by atoms with Crippen molar-refractivity contribution in [3.8, 4) is 6.07 Å². The number of hydrogen-bond acceptors (Lipinski definition) is 14. The Morgan fingerprint density at radius 2 is 1.68 bits per heavy atom. The summed E-state index contributed by atoms with van der Waals surface area (Å²) in [6, 6.07) is 5.06. The number of carboxylic acids is 2. The zero-order valence-corrected chi connectivity index (χ0v) is 38.4. The van der Waals surface area contributed by atoms with E-state index in [-0.39, 0.29) is 105 Å². The van der Waals surface area contributed by atoms with Gasteiger partial charge in [-0.05, 0) is 12.1 Å². The summed E-state index contributed by atoms with van der Waals surface area (Å²) < 4.78 is 40.8. The molecule has 0 aliphatic carbocycles. The van der Waals surface area contributed by atoms with Crippen LogP contribution in [0.5, 0.6) is 0 Å². The fourth-order valence-electron chi connectivity index (χ4n) is 11.0. The predicted octanol–water partition coefficient (Wildman–Crippen LogP) is -5.28. The summed E-state index contributed by atoms with van der Waals surface area (Å²) in [6.45, 7) is -0.397. The second-order valence-electron chi connectivity index (χ2n) is 18.1. The molecule has 2 bridgehead atoms. The Morgan fingerprint density at radius 3 is 2.38 bits per heavy atom. The van der Waals surface area contributed by atoms with Gasteiger partial charge in [0.05, 0.1) is 35.9 Å². The van der Waals surface area contributed by atoms with Crippen molar-refractivity contribution in [2.24, 2.45) is 0 Å². The van der Waals surface area contributed by atoms with E-state index >= 15 is 0 Å². The van der Waals surface area contributed by atoms with Gasteiger partial charge in [-0.1, -0.05) is 12.1 Å². The van der Waals surface area contributed by atoms with E-state index in [4.69, 9.17) is 9.47 Å². The number of amides is 5. The Hall–Kier alpha value is -6.26. The number of carbonyl (C=O) groups excluding carboxylic acids is 7. The van der Waals surface area contributed by atoms with E-state index in [0.29, 0.717) is 5.39 Å². The maximum atomic E-state index is 13.8. The van der Waals surface area contributed by atoms with Gasteiger partial charge in [0, 0.05) is 18.0 Å². The normalized spacial score (nSPS) is 32.6. The number of ether oxygens (including phenoxy) is 2. The molecule has 7 aliphatic heterocycles. The van der Waals surface area contributed by atoms with Crippen LogP contribution < -0.4 is 43.0 Å². The first kappa shape index (κ1) is 46.8. The van der Waals surface area contributed by atoms with Gasteiger partial charge in [0.25, 0.3) is 11.8 Å². The fraction of sp³-hybridized carbons (Fsp3) is 0.525. The van der Waals surface area contributed by atoms with Gasteiger partial charge >= 0.3 is 239 Å². The van der Waals surface area contributed by atoms with Crippen LogP contribution in [-0.2, 0) is 47.8 Å². The predicted molar refractivity (Wildman–Crippen MR) is 212 cm³/mol. The van der Waals surface area contributed by atoms with Crippen molar-refractivity contribution >= 4 is 70.0 Å². The molecule has 1 aromatic heterocycles. The molecule has 1 spiro atoms. The Balaban J connectivity index is 0.758. The summed E-state index contributed by atoms with van der Waals surface area (Å²) in [4.78, 5) is 121. The van der Waals surface area contributed by atoms with E-state index in [2.05, 4.69) is 26.3 Å². The summed E-state index contributed by atoms with van der Waals surface area (Å²) in [6.07, 6.45) is -0.455. The number of carboxylic acid groups (broad SMARTS) is 2. The van der Waals surface area contributed by atoms with Crippen molar-refractivity contribution in [3.63, 3.8) is 0 Å². The molecule has 8 atom stereocenters. The van der Waals surface area contributed by atoms with Crippen molar-refractivity contribution in [1.82, 2.24) is 29.2 Å². The third kappa shape index (κ3) is 6.99. The number of likely N-dealkylation sites (tertiary alicyclic amines) is 1. The van der Waals surface area contributed by atoms with Gasteiger partial charge in [-0.25, -0.2) is 8.78 Å². The van der Waals surface area contributed by atoms with Crippen molar-refractivity contribution < 1.29 is 110 Å². The molecule has 6 N–H and O–H groups in total. The van der Waals surface area contributed by atoms with Gasteiger partial charge in [0.2, 0.25) is 11.8 Å². The van der Waals surface area contributed by atoms with Crippen LogP contribution in [0.3, 0.4) is 0 Å². The van der Waals surface area contributed by atoms with Crippen molar-refractivity contribution in [2.75, 3.05) is 71.0 Å². The third-order valence-electron chi connectivity index (χ3n) is 14.1. The number of halogens is 3. The topological polar surface area (TPSA) is 304 Å². The number of anilines is 1. The van der Waals surface area contributed by atoms with Crippen molar-refractivity contribution in [3.05, 3.63) is 36.0 Å².